The number of aryl methyl sites for hydroxylation is 1. The summed E-state index contributed by atoms with van der Waals surface area (Å²) in [6, 6.07) is 2.19. The summed E-state index contributed by atoms with van der Waals surface area (Å²) in [6.07, 6.45) is 7.32. The van der Waals surface area contributed by atoms with Crippen LogP contribution in [0.5, 0.6) is 0 Å². The molecule has 2 aromatic heterocycles. The third-order valence-electron chi connectivity index (χ3n) is 2.70. The van der Waals surface area contributed by atoms with E-state index in [-0.39, 0.29) is 6.04 Å². The zero-order valence-corrected chi connectivity index (χ0v) is 10.9. The van der Waals surface area contributed by atoms with Crippen molar-refractivity contribution in [2.24, 2.45) is 0 Å². The zero-order chi connectivity index (χ0) is 13.0. The third kappa shape index (κ3) is 2.68. The number of hydrogen-bond donors (Lipinski definition) is 1. The second-order valence-electron chi connectivity index (χ2n) is 4.28. The molecule has 0 aliphatic rings. The number of rotatable bonds is 5. The molecule has 0 saturated carbocycles. The predicted molar refractivity (Wildman–Crippen MR) is 71.1 cm³/mol. The Labute approximate surface area is 107 Å². The van der Waals surface area contributed by atoms with E-state index in [1.54, 1.807) is 19.5 Å². The monoisotopic (exact) mass is 246 g/mol. The molecule has 1 atom stereocenters. The van der Waals surface area contributed by atoms with Crippen LogP contribution in [0.1, 0.15) is 12.5 Å². The first kappa shape index (κ1) is 12.6. The Morgan fingerprint density at radius 1 is 1.44 bits per heavy atom. The fourth-order valence-corrected chi connectivity index (χ4v) is 1.82. The standard InChI is InChI=1S/C13H18N4O/c1-10-4-5-14-8-12(10)17-7-6-15-13(17)16-11(2)9-18-3/h4-8,11H,9H2,1-3H3,(H,15,16). The third-order valence-corrected chi connectivity index (χ3v) is 2.70. The van der Waals surface area contributed by atoms with Crippen molar-refractivity contribution in [1.82, 2.24) is 14.5 Å². The Hall–Kier alpha value is -1.88. The van der Waals surface area contributed by atoms with Gasteiger partial charge in [0.1, 0.15) is 0 Å². The van der Waals surface area contributed by atoms with Crippen molar-refractivity contribution in [2.75, 3.05) is 19.0 Å². The second kappa shape index (κ2) is 5.64. The number of imidazole rings is 1. The van der Waals surface area contributed by atoms with E-state index in [0.717, 1.165) is 17.2 Å². The maximum absolute atomic E-state index is 5.11. The molecule has 0 aliphatic heterocycles. The smallest absolute Gasteiger partial charge is 0.207 e. The molecule has 5 nitrogen and oxygen atoms in total. The van der Waals surface area contributed by atoms with Crippen LogP contribution in [-0.2, 0) is 4.74 Å². The van der Waals surface area contributed by atoms with Gasteiger partial charge >= 0.3 is 0 Å². The summed E-state index contributed by atoms with van der Waals surface area (Å²) in [7, 11) is 1.69. The molecule has 18 heavy (non-hydrogen) atoms. The highest BCUT2D eigenvalue weighted by atomic mass is 16.5. The highest BCUT2D eigenvalue weighted by molar-refractivity contribution is 5.45. The van der Waals surface area contributed by atoms with Crippen LogP contribution in [-0.4, -0.2) is 34.3 Å². The number of hydrogen-bond acceptors (Lipinski definition) is 4. The van der Waals surface area contributed by atoms with Gasteiger partial charge in [-0.25, -0.2) is 4.98 Å². The van der Waals surface area contributed by atoms with Crippen molar-refractivity contribution in [3.8, 4) is 5.69 Å². The zero-order valence-electron chi connectivity index (χ0n) is 10.9. The molecule has 0 spiro atoms. The topological polar surface area (TPSA) is 52.0 Å². The van der Waals surface area contributed by atoms with Crippen LogP contribution in [0, 0.1) is 6.92 Å². The van der Waals surface area contributed by atoms with Crippen molar-refractivity contribution >= 4 is 5.95 Å². The normalized spacial score (nSPS) is 12.4. The van der Waals surface area contributed by atoms with Crippen molar-refractivity contribution in [2.45, 2.75) is 19.9 Å². The molecule has 2 rings (SSSR count). The number of nitrogens with zero attached hydrogens (tertiary/aromatic N) is 3. The van der Waals surface area contributed by atoms with Gasteiger partial charge in [0, 0.05) is 31.7 Å². The molecule has 5 heteroatoms. The Balaban J connectivity index is 2.25. The molecular formula is C13H18N4O. The maximum Gasteiger partial charge on any atom is 0.207 e. The molecule has 96 valence electrons. The highest BCUT2D eigenvalue weighted by Crippen LogP contribution is 2.17. The molecule has 0 aliphatic carbocycles. The van der Waals surface area contributed by atoms with Crippen LogP contribution in [0.15, 0.2) is 30.9 Å². The molecule has 0 amide bonds. The van der Waals surface area contributed by atoms with Gasteiger partial charge in [-0.1, -0.05) is 0 Å². The molecule has 1 unspecified atom stereocenters. The van der Waals surface area contributed by atoms with Crippen LogP contribution in [0.3, 0.4) is 0 Å². The lowest BCUT2D eigenvalue weighted by Crippen LogP contribution is -2.23. The van der Waals surface area contributed by atoms with E-state index in [0.29, 0.717) is 6.61 Å². The molecule has 0 saturated heterocycles. The molecule has 2 heterocycles. The Morgan fingerprint density at radius 2 is 2.28 bits per heavy atom. The van der Waals surface area contributed by atoms with E-state index in [9.17, 15) is 0 Å². The van der Waals surface area contributed by atoms with Gasteiger partial charge in [0.2, 0.25) is 5.95 Å². The Bertz CT molecular complexity index is 509. The van der Waals surface area contributed by atoms with Gasteiger partial charge < -0.3 is 10.1 Å². The fraction of sp³-hybridized carbons (Fsp3) is 0.385. The van der Waals surface area contributed by atoms with Gasteiger partial charge in [-0.3, -0.25) is 9.55 Å². The average molecular weight is 246 g/mol. The largest absolute Gasteiger partial charge is 0.383 e. The van der Waals surface area contributed by atoms with E-state index in [2.05, 4.69) is 29.1 Å². The predicted octanol–water partition coefficient (Wildman–Crippen LogP) is 2.02. The van der Waals surface area contributed by atoms with Gasteiger partial charge in [0.25, 0.3) is 0 Å². The molecule has 1 N–H and O–H groups in total. The van der Waals surface area contributed by atoms with Gasteiger partial charge in [-0.15, -0.1) is 0 Å². The lowest BCUT2D eigenvalue weighted by Gasteiger charge is -2.15. The van der Waals surface area contributed by atoms with E-state index in [4.69, 9.17) is 4.74 Å². The summed E-state index contributed by atoms with van der Waals surface area (Å²) in [5.41, 5.74) is 2.19. The van der Waals surface area contributed by atoms with Crippen LogP contribution in [0.4, 0.5) is 5.95 Å². The minimum absolute atomic E-state index is 0.202. The number of nitrogens with one attached hydrogen (secondary N) is 1. The van der Waals surface area contributed by atoms with Gasteiger partial charge in [-0.05, 0) is 25.5 Å². The number of ether oxygens (including phenoxy) is 1. The first-order chi connectivity index (χ1) is 8.72. The summed E-state index contributed by atoms with van der Waals surface area (Å²) in [4.78, 5) is 8.48. The van der Waals surface area contributed by atoms with Crippen LogP contribution < -0.4 is 5.32 Å². The van der Waals surface area contributed by atoms with Gasteiger partial charge in [0.15, 0.2) is 0 Å². The van der Waals surface area contributed by atoms with Crippen LogP contribution >= 0.6 is 0 Å². The van der Waals surface area contributed by atoms with Crippen molar-refractivity contribution in [3.63, 3.8) is 0 Å². The van der Waals surface area contributed by atoms with E-state index < -0.39 is 0 Å². The number of pyridine rings is 1. The SMILES string of the molecule is COCC(C)Nc1nccn1-c1cnccc1C. The average Bonchev–Trinajstić information content (AvgIpc) is 2.78. The van der Waals surface area contributed by atoms with E-state index in [1.165, 1.54) is 0 Å². The van der Waals surface area contributed by atoms with E-state index >= 15 is 0 Å². The number of anilines is 1. The van der Waals surface area contributed by atoms with Gasteiger partial charge in [-0.2, -0.15) is 0 Å². The van der Waals surface area contributed by atoms with Crippen LogP contribution in [0.2, 0.25) is 0 Å². The fourth-order valence-electron chi connectivity index (χ4n) is 1.82. The summed E-state index contributed by atoms with van der Waals surface area (Å²) >= 11 is 0. The lowest BCUT2D eigenvalue weighted by molar-refractivity contribution is 0.190. The highest BCUT2D eigenvalue weighted by Gasteiger charge is 2.09. The number of methoxy groups -OCH3 is 1. The molecule has 0 bridgehead atoms. The molecule has 2 aromatic rings. The maximum atomic E-state index is 5.11. The van der Waals surface area contributed by atoms with Crippen molar-refractivity contribution in [1.29, 1.82) is 0 Å². The first-order valence-electron chi connectivity index (χ1n) is 5.92. The van der Waals surface area contributed by atoms with Crippen molar-refractivity contribution < 1.29 is 4.74 Å². The summed E-state index contributed by atoms with van der Waals surface area (Å²) in [5, 5.41) is 3.32. The quantitative estimate of drug-likeness (QED) is 0.877. The molecular weight excluding hydrogens is 228 g/mol. The molecule has 0 radical (unpaired) electrons. The minimum atomic E-state index is 0.202. The first-order valence-corrected chi connectivity index (χ1v) is 5.92. The van der Waals surface area contributed by atoms with Crippen molar-refractivity contribution in [3.05, 3.63) is 36.4 Å². The van der Waals surface area contributed by atoms with Crippen LogP contribution in [0.25, 0.3) is 5.69 Å². The Kier molecular flexibility index (Phi) is 3.94. The minimum Gasteiger partial charge on any atom is -0.383 e. The van der Waals surface area contributed by atoms with Gasteiger partial charge in [0.05, 0.1) is 18.5 Å². The Morgan fingerprint density at radius 3 is 3.00 bits per heavy atom. The van der Waals surface area contributed by atoms with E-state index in [1.807, 2.05) is 23.0 Å². The summed E-state index contributed by atoms with van der Waals surface area (Å²) in [5.74, 6) is 0.802. The number of aromatic nitrogens is 3. The second-order valence-corrected chi connectivity index (χ2v) is 4.28. The summed E-state index contributed by atoms with van der Waals surface area (Å²) < 4.78 is 7.10. The molecule has 0 aromatic carbocycles. The molecule has 0 fully saturated rings. The summed E-state index contributed by atoms with van der Waals surface area (Å²) in [6.45, 7) is 4.75. The lowest BCUT2D eigenvalue weighted by atomic mass is 10.2.